The number of amides is 2. The van der Waals surface area contributed by atoms with Gasteiger partial charge in [-0.2, -0.15) is 0 Å². The van der Waals surface area contributed by atoms with E-state index in [1.807, 2.05) is 10.8 Å². The Balaban J connectivity index is 1.90. The minimum absolute atomic E-state index is 0.0758. The number of rotatable bonds is 5. The van der Waals surface area contributed by atoms with Crippen molar-refractivity contribution in [2.45, 2.75) is 18.9 Å². The number of nitrogens with one attached hydrogen (secondary N) is 1. The van der Waals surface area contributed by atoms with Gasteiger partial charge >= 0.3 is 6.09 Å². The Morgan fingerprint density at radius 1 is 1.56 bits per heavy atom. The molecule has 0 aliphatic heterocycles. The van der Waals surface area contributed by atoms with Crippen molar-refractivity contribution in [2.24, 2.45) is 5.73 Å². The van der Waals surface area contributed by atoms with Crippen LogP contribution in [0.4, 0.5) is 4.79 Å². The molecule has 0 radical (unpaired) electrons. The fourth-order valence-electron chi connectivity index (χ4n) is 1.69. The highest BCUT2D eigenvalue weighted by atomic mass is 79.9. The molecule has 7 heteroatoms. The number of primary amides is 1. The second-order valence-electron chi connectivity index (χ2n) is 4.11. The summed E-state index contributed by atoms with van der Waals surface area (Å²) < 4.78 is 7.38. The van der Waals surface area contributed by atoms with Crippen LogP contribution in [0.1, 0.15) is 29.4 Å². The van der Waals surface area contributed by atoms with Gasteiger partial charge in [-0.15, -0.1) is 0 Å². The molecule has 1 fully saturated rings. The molecule has 2 amide bonds. The van der Waals surface area contributed by atoms with Crippen molar-refractivity contribution in [3.8, 4) is 0 Å². The molecule has 0 bridgehead atoms. The first-order chi connectivity index (χ1) is 8.58. The van der Waals surface area contributed by atoms with Crippen molar-refractivity contribution in [2.75, 3.05) is 13.2 Å². The standard InChI is InChI=1S/C11H14BrN3O3/c12-7-5-9(15(6-7)8-1-2-8)10(16)14-3-4-18-11(13)17/h5-6,8H,1-4H2,(H2,13,17)(H,14,16). The molecule has 0 atom stereocenters. The molecule has 0 unspecified atom stereocenters. The number of hydrogen-bond donors (Lipinski definition) is 2. The third-order valence-corrected chi connectivity index (χ3v) is 3.05. The molecule has 0 saturated heterocycles. The number of carbonyl (C=O) groups excluding carboxylic acids is 2. The van der Waals surface area contributed by atoms with Crippen LogP contribution in [0.3, 0.4) is 0 Å². The molecular formula is C11H14BrN3O3. The molecule has 98 valence electrons. The third-order valence-electron chi connectivity index (χ3n) is 2.62. The molecule has 1 heterocycles. The van der Waals surface area contributed by atoms with Crippen molar-refractivity contribution < 1.29 is 14.3 Å². The van der Waals surface area contributed by atoms with E-state index in [0.717, 1.165) is 17.3 Å². The molecule has 2 rings (SSSR count). The van der Waals surface area contributed by atoms with Gasteiger partial charge in [0.25, 0.3) is 5.91 Å². The van der Waals surface area contributed by atoms with E-state index in [-0.39, 0.29) is 19.1 Å². The molecule has 0 spiro atoms. The van der Waals surface area contributed by atoms with Gasteiger partial charge < -0.3 is 20.4 Å². The Morgan fingerprint density at radius 2 is 2.28 bits per heavy atom. The second-order valence-corrected chi connectivity index (χ2v) is 5.02. The molecule has 1 aromatic rings. The zero-order valence-corrected chi connectivity index (χ0v) is 11.3. The summed E-state index contributed by atoms with van der Waals surface area (Å²) in [5, 5.41) is 2.68. The lowest BCUT2D eigenvalue weighted by atomic mass is 10.4. The number of nitrogens with two attached hydrogens (primary N) is 1. The summed E-state index contributed by atoms with van der Waals surface area (Å²) in [6.07, 6.45) is 3.28. The summed E-state index contributed by atoms with van der Waals surface area (Å²) in [7, 11) is 0. The maximum Gasteiger partial charge on any atom is 0.404 e. The smallest absolute Gasteiger partial charge is 0.404 e. The van der Waals surface area contributed by atoms with Crippen molar-refractivity contribution in [3.63, 3.8) is 0 Å². The van der Waals surface area contributed by atoms with Crippen molar-refractivity contribution in [3.05, 3.63) is 22.4 Å². The fourth-order valence-corrected chi connectivity index (χ4v) is 2.13. The highest BCUT2D eigenvalue weighted by molar-refractivity contribution is 9.10. The van der Waals surface area contributed by atoms with E-state index < -0.39 is 6.09 Å². The first kappa shape index (κ1) is 12.9. The van der Waals surface area contributed by atoms with Crippen LogP contribution in [-0.4, -0.2) is 29.7 Å². The van der Waals surface area contributed by atoms with Crippen LogP contribution in [0, 0.1) is 0 Å². The second kappa shape index (κ2) is 5.43. The third kappa shape index (κ3) is 3.25. The summed E-state index contributed by atoms with van der Waals surface area (Å²) in [5.41, 5.74) is 5.43. The van der Waals surface area contributed by atoms with E-state index in [4.69, 9.17) is 5.73 Å². The largest absolute Gasteiger partial charge is 0.448 e. The van der Waals surface area contributed by atoms with Crippen molar-refractivity contribution in [1.82, 2.24) is 9.88 Å². The van der Waals surface area contributed by atoms with Crippen LogP contribution in [-0.2, 0) is 4.74 Å². The van der Waals surface area contributed by atoms with Gasteiger partial charge in [0.2, 0.25) is 0 Å². The molecule has 6 nitrogen and oxygen atoms in total. The molecule has 1 saturated carbocycles. The van der Waals surface area contributed by atoms with E-state index >= 15 is 0 Å². The quantitative estimate of drug-likeness (QED) is 0.805. The van der Waals surface area contributed by atoms with E-state index in [1.165, 1.54) is 0 Å². The van der Waals surface area contributed by atoms with Crippen LogP contribution in [0.15, 0.2) is 16.7 Å². The first-order valence-corrected chi connectivity index (χ1v) is 6.45. The van der Waals surface area contributed by atoms with E-state index in [0.29, 0.717) is 11.7 Å². The van der Waals surface area contributed by atoms with Crippen LogP contribution in [0.2, 0.25) is 0 Å². The Hall–Kier alpha value is -1.50. The van der Waals surface area contributed by atoms with E-state index in [9.17, 15) is 9.59 Å². The van der Waals surface area contributed by atoms with Gasteiger partial charge in [0.05, 0.1) is 6.54 Å². The predicted molar refractivity (Wildman–Crippen MR) is 68.3 cm³/mol. The molecule has 3 N–H and O–H groups in total. The van der Waals surface area contributed by atoms with Gasteiger partial charge in [0, 0.05) is 16.7 Å². The summed E-state index contributed by atoms with van der Waals surface area (Å²) in [4.78, 5) is 22.3. The fraction of sp³-hybridized carbons (Fsp3) is 0.455. The normalized spacial score (nSPS) is 14.3. The topological polar surface area (TPSA) is 86.4 Å². The number of ether oxygens (including phenoxy) is 1. The van der Waals surface area contributed by atoms with E-state index in [2.05, 4.69) is 26.0 Å². The Bertz CT molecular complexity index is 468. The highest BCUT2D eigenvalue weighted by Gasteiger charge is 2.27. The summed E-state index contributed by atoms with van der Waals surface area (Å²) >= 11 is 3.36. The molecule has 18 heavy (non-hydrogen) atoms. The number of nitrogens with zero attached hydrogens (tertiary/aromatic N) is 1. The highest BCUT2D eigenvalue weighted by Crippen LogP contribution is 2.37. The lowest BCUT2D eigenvalue weighted by molar-refractivity contribution is 0.0927. The number of halogens is 1. The molecule has 1 aliphatic rings. The predicted octanol–water partition coefficient (Wildman–Crippen LogP) is 1.41. The summed E-state index contributed by atoms with van der Waals surface area (Å²) in [5.74, 6) is -0.180. The van der Waals surface area contributed by atoms with Crippen molar-refractivity contribution in [1.29, 1.82) is 0 Å². The number of carbonyl (C=O) groups is 2. The van der Waals surface area contributed by atoms with Crippen LogP contribution >= 0.6 is 15.9 Å². The maximum absolute atomic E-state index is 11.9. The minimum Gasteiger partial charge on any atom is -0.448 e. The van der Waals surface area contributed by atoms with Crippen LogP contribution in [0.5, 0.6) is 0 Å². The number of hydrogen-bond acceptors (Lipinski definition) is 3. The average molecular weight is 316 g/mol. The minimum atomic E-state index is -0.839. The summed E-state index contributed by atoms with van der Waals surface area (Å²) in [6.45, 7) is 0.321. The van der Waals surface area contributed by atoms with Crippen LogP contribution < -0.4 is 11.1 Å². The Labute approximate surface area is 113 Å². The molecule has 0 aromatic carbocycles. The lowest BCUT2D eigenvalue weighted by Gasteiger charge is -2.08. The van der Waals surface area contributed by atoms with Gasteiger partial charge in [-0.3, -0.25) is 4.79 Å². The van der Waals surface area contributed by atoms with Gasteiger partial charge in [-0.1, -0.05) is 0 Å². The molecule has 1 aromatic heterocycles. The first-order valence-electron chi connectivity index (χ1n) is 5.65. The van der Waals surface area contributed by atoms with Gasteiger partial charge in [0.15, 0.2) is 0 Å². The molecule has 1 aliphatic carbocycles. The van der Waals surface area contributed by atoms with Crippen molar-refractivity contribution >= 4 is 27.9 Å². The van der Waals surface area contributed by atoms with E-state index in [1.54, 1.807) is 6.07 Å². The van der Waals surface area contributed by atoms with Crippen LogP contribution in [0.25, 0.3) is 0 Å². The van der Waals surface area contributed by atoms with Gasteiger partial charge in [-0.25, -0.2) is 4.79 Å². The summed E-state index contributed by atoms with van der Waals surface area (Å²) in [6, 6.07) is 2.21. The zero-order valence-electron chi connectivity index (χ0n) is 9.69. The van der Waals surface area contributed by atoms with Gasteiger partial charge in [-0.05, 0) is 34.8 Å². The average Bonchev–Trinajstić information content (AvgIpc) is 3.07. The Kier molecular flexibility index (Phi) is 3.90. The lowest BCUT2D eigenvalue weighted by Crippen LogP contribution is -2.30. The maximum atomic E-state index is 11.9. The zero-order chi connectivity index (χ0) is 13.1. The van der Waals surface area contributed by atoms with Gasteiger partial charge in [0.1, 0.15) is 12.3 Å². The SMILES string of the molecule is NC(=O)OCCNC(=O)c1cc(Br)cn1C1CC1. The Morgan fingerprint density at radius 3 is 2.89 bits per heavy atom. The monoisotopic (exact) mass is 315 g/mol. The number of aromatic nitrogens is 1. The molecular weight excluding hydrogens is 302 g/mol.